The standard InChI is InChI=1S/C14H21NO3/c1-14(2)10-17-8-11(15-14)9-18-13-6-4-5-12(7-13)16-3/h4-7,11,15H,8-10H2,1-3H3. The molecule has 1 N–H and O–H groups in total. The van der Waals surface area contributed by atoms with Crippen molar-refractivity contribution in [1.82, 2.24) is 5.32 Å². The SMILES string of the molecule is COc1cccc(OCC2COCC(C)(C)N2)c1. The Labute approximate surface area is 108 Å². The number of morpholine rings is 1. The largest absolute Gasteiger partial charge is 0.497 e. The molecule has 1 atom stereocenters. The second kappa shape index (κ2) is 5.59. The van der Waals surface area contributed by atoms with Crippen molar-refractivity contribution in [1.29, 1.82) is 0 Å². The molecule has 1 unspecified atom stereocenters. The van der Waals surface area contributed by atoms with Crippen LogP contribution in [0.15, 0.2) is 24.3 Å². The number of methoxy groups -OCH3 is 1. The molecular formula is C14H21NO3. The highest BCUT2D eigenvalue weighted by atomic mass is 16.5. The maximum Gasteiger partial charge on any atom is 0.123 e. The number of benzene rings is 1. The first-order chi connectivity index (χ1) is 8.59. The molecule has 0 amide bonds. The van der Waals surface area contributed by atoms with E-state index in [0.29, 0.717) is 13.2 Å². The molecule has 4 nitrogen and oxygen atoms in total. The average Bonchev–Trinajstić information content (AvgIpc) is 2.35. The Balaban J connectivity index is 1.87. The Morgan fingerprint density at radius 2 is 2.17 bits per heavy atom. The van der Waals surface area contributed by atoms with Crippen LogP contribution in [-0.4, -0.2) is 38.5 Å². The zero-order valence-corrected chi connectivity index (χ0v) is 11.2. The third kappa shape index (κ3) is 3.62. The molecule has 1 aromatic carbocycles. The Kier molecular flexibility index (Phi) is 4.09. The molecule has 1 fully saturated rings. The molecule has 1 aliphatic heterocycles. The van der Waals surface area contributed by atoms with Crippen LogP contribution in [0.5, 0.6) is 11.5 Å². The summed E-state index contributed by atoms with van der Waals surface area (Å²) < 4.78 is 16.5. The molecule has 1 aromatic rings. The first-order valence-corrected chi connectivity index (χ1v) is 6.21. The quantitative estimate of drug-likeness (QED) is 0.886. The van der Waals surface area contributed by atoms with E-state index < -0.39 is 0 Å². The fraction of sp³-hybridized carbons (Fsp3) is 0.571. The predicted molar refractivity (Wildman–Crippen MR) is 70.3 cm³/mol. The fourth-order valence-corrected chi connectivity index (χ4v) is 2.07. The van der Waals surface area contributed by atoms with Crippen LogP contribution in [0, 0.1) is 0 Å². The molecule has 0 radical (unpaired) electrons. The van der Waals surface area contributed by atoms with Crippen molar-refractivity contribution in [3.63, 3.8) is 0 Å². The van der Waals surface area contributed by atoms with Gasteiger partial charge in [0.25, 0.3) is 0 Å². The molecule has 1 saturated heterocycles. The summed E-state index contributed by atoms with van der Waals surface area (Å²) in [6.07, 6.45) is 0. The number of nitrogens with one attached hydrogen (secondary N) is 1. The summed E-state index contributed by atoms with van der Waals surface area (Å²) in [5.74, 6) is 1.63. The summed E-state index contributed by atoms with van der Waals surface area (Å²) in [5, 5.41) is 3.51. The van der Waals surface area contributed by atoms with E-state index in [1.54, 1.807) is 7.11 Å². The average molecular weight is 251 g/mol. The van der Waals surface area contributed by atoms with Crippen molar-refractivity contribution in [3.05, 3.63) is 24.3 Å². The van der Waals surface area contributed by atoms with Crippen molar-refractivity contribution in [2.24, 2.45) is 0 Å². The first-order valence-electron chi connectivity index (χ1n) is 6.21. The van der Waals surface area contributed by atoms with E-state index in [1.807, 2.05) is 24.3 Å². The lowest BCUT2D eigenvalue weighted by Gasteiger charge is -2.36. The number of rotatable bonds is 4. The summed E-state index contributed by atoms with van der Waals surface area (Å²) in [7, 11) is 1.65. The summed E-state index contributed by atoms with van der Waals surface area (Å²) in [5.41, 5.74) is 0.0145. The third-order valence-corrected chi connectivity index (χ3v) is 2.87. The Hall–Kier alpha value is -1.26. The summed E-state index contributed by atoms with van der Waals surface area (Å²) >= 11 is 0. The normalized spacial score (nSPS) is 22.5. The highest BCUT2D eigenvalue weighted by Crippen LogP contribution is 2.19. The minimum absolute atomic E-state index is 0.0145. The predicted octanol–water partition coefficient (Wildman–Crippen LogP) is 1.84. The molecule has 4 heteroatoms. The van der Waals surface area contributed by atoms with Gasteiger partial charge in [0, 0.05) is 11.6 Å². The lowest BCUT2D eigenvalue weighted by Crippen LogP contribution is -2.57. The summed E-state index contributed by atoms with van der Waals surface area (Å²) in [4.78, 5) is 0. The van der Waals surface area contributed by atoms with Gasteiger partial charge in [-0.2, -0.15) is 0 Å². The van der Waals surface area contributed by atoms with Crippen LogP contribution in [0.4, 0.5) is 0 Å². The van der Waals surface area contributed by atoms with Gasteiger partial charge in [-0.05, 0) is 26.0 Å². The Morgan fingerprint density at radius 1 is 1.39 bits per heavy atom. The second-order valence-electron chi connectivity index (χ2n) is 5.23. The summed E-state index contributed by atoms with van der Waals surface area (Å²) in [6.45, 7) is 6.28. The summed E-state index contributed by atoms with van der Waals surface area (Å²) in [6, 6.07) is 7.85. The van der Waals surface area contributed by atoms with Crippen LogP contribution < -0.4 is 14.8 Å². The van der Waals surface area contributed by atoms with Gasteiger partial charge in [-0.1, -0.05) is 6.07 Å². The van der Waals surface area contributed by atoms with E-state index in [-0.39, 0.29) is 11.6 Å². The molecule has 0 aromatic heterocycles. The van der Waals surface area contributed by atoms with Gasteiger partial charge in [0.05, 0.1) is 26.4 Å². The first kappa shape index (κ1) is 13.2. The van der Waals surface area contributed by atoms with Gasteiger partial charge in [-0.3, -0.25) is 0 Å². The van der Waals surface area contributed by atoms with E-state index in [0.717, 1.165) is 18.1 Å². The number of hydrogen-bond donors (Lipinski definition) is 1. The zero-order chi connectivity index (χ0) is 13.0. The van der Waals surface area contributed by atoms with E-state index in [4.69, 9.17) is 14.2 Å². The van der Waals surface area contributed by atoms with Gasteiger partial charge in [-0.25, -0.2) is 0 Å². The van der Waals surface area contributed by atoms with Crippen molar-refractivity contribution in [3.8, 4) is 11.5 Å². The van der Waals surface area contributed by atoms with Crippen LogP contribution >= 0.6 is 0 Å². The third-order valence-electron chi connectivity index (χ3n) is 2.87. The highest BCUT2D eigenvalue weighted by molar-refractivity contribution is 5.32. The molecule has 0 spiro atoms. The van der Waals surface area contributed by atoms with Crippen LogP contribution in [0.2, 0.25) is 0 Å². The number of hydrogen-bond acceptors (Lipinski definition) is 4. The minimum atomic E-state index is 0.0145. The van der Waals surface area contributed by atoms with Gasteiger partial charge < -0.3 is 19.5 Å². The van der Waals surface area contributed by atoms with Crippen molar-refractivity contribution >= 4 is 0 Å². The molecular weight excluding hydrogens is 230 g/mol. The molecule has 0 aliphatic carbocycles. The molecule has 2 rings (SSSR count). The van der Waals surface area contributed by atoms with Gasteiger partial charge in [0.2, 0.25) is 0 Å². The van der Waals surface area contributed by atoms with Crippen molar-refractivity contribution in [2.45, 2.75) is 25.4 Å². The lowest BCUT2D eigenvalue weighted by molar-refractivity contribution is 0.000931. The van der Waals surface area contributed by atoms with Gasteiger partial charge in [-0.15, -0.1) is 0 Å². The van der Waals surface area contributed by atoms with Crippen molar-refractivity contribution < 1.29 is 14.2 Å². The maximum atomic E-state index is 5.76. The maximum absolute atomic E-state index is 5.76. The van der Waals surface area contributed by atoms with E-state index in [2.05, 4.69) is 19.2 Å². The van der Waals surface area contributed by atoms with E-state index in [1.165, 1.54) is 0 Å². The zero-order valence-electron chi connectivity index (χ0n) is 11.2. The molecule has 0 saturated carbocycles. The molecule has 18 heavy (non-hydrogen) atoms. The Bertz CT molecular complexity index is 392. The van der Waals surface area contributed by atoms with Crippen LogP contribution in [-0.2, 0) is 4.74 Å². The van der Waals surface area contributed by atoms with E-state index in [9.17, 15) is 0 Å². The lowest BCUT2D eigenvalue weighted by atomic mass is 10.0. The minimum Gasteiger partial charge on any atom is -0.497 e. The smallest absolute Gasteiger partial charge is 0.123 e. The van der Waals surface area contributed by atoms with E-state index >= 15 is 0 Å². The van der Waals surface area contributed by atoms with Crippen LogP contribution in [0.1, 0.15) is 13.8 Å². The van der Waals surface area contributed by atoms with Gasteiger partial charge in [0.15, 0.2) is 0 Å². The monoisotopic (exact) mass is 251 g/mol. The topological polar surface area (TPSA) is 39.7 Å². The van der Waals surface area contributed by atoms with Gasteiger partial charge in [0.1, 0.15) is 18.1 Å². The molecule has 100 valence electrons. The fourth-order valence-electron chi connectivity index (χ4n) is 2.07. The number of ether oxygens (including phenoxy) is 3. The highest BCUT2D eigenvalue weighted by Gasteiger charge is 2.27. The Morgan fingerprint density at radius 3 is 2.89 bits per heavy atom. The van der Waals surface area contributed by atoms with Crippen LogP contribution in [0.25, 0.3) is 0 Å². The van der Waals surface area contributed by atoms with Gasteiger partial charge >= 0.3 is 0 Å². The second-order valence-corrected chi connectivity index (χ2v) is 5.23. The van der Waals surface area contributed by atoms with Crippen molar-refractivity contribution in [2.75, 3.05) is 26.9 Å². The molecule has 1 aliphatic rings. The molecule has 1 heterocycles. The molecule has 0 bridgehead atoms. The van der Waals surface area contributed by atoms with Crippen LogP contribution in [0.3, 0.4) is 0 Å².